The van der Waals surface area contributed by atoms with Gasteiger partial charge in [0.05, 0.1) is 13.7 Å². The van der Waals surface area contributed by atoms with Crippen LogP contribution >= 0.6 is 0 Å². The minimum Gasteiger partial charge on any atom is -0.496 e. The molecule has 0 unspecified atom stereocenters. The van der Waals surface area contributed by atoms with Gasteiger partial charge in [-0.2, -0.15) is 0 Å². The molecule has 0 amide bonds. The molecule has 19 heavy (non-hydrogen) atoms. The van der Waals surface area contributed by atoms with Crippen molar-refractivity contribution in [1.29, 1.82) is 0 Å². The zero-order valence-electron chi connectivity index (χ0n) is 12.7. The normalized spacial score (nSPS) is 12.6. The van der Waals surface area contributed by atoms with Crippen LogP contribution in [0.3, 0.4) is 0 Å². The fourth-order valence-corrected chi connectivity index (χ4v) is 2.13. The SMILES string of the molecule is COc1ccc(C(CN)(OC)OC)cc1C(C)(C)C. The van der Waals surface area contributed by atoms with E-state index in [1.54, 1.807) is 21.3 Å². The summed E-state index contributed by atoms with van der Waals surface area (Å²) in [5.41, 5.74) is 7.76. The first kappa shape index (κ1) is 16.0. The van der Waals surface area contributed by atoms with Gasteiger partial charge in [0.25, 0.3) is 0 Å². The van der Waals surface area contributed by atoms with Crippen LogP contribution in [0.4, 0.5) is 0 Å². The minimum atomic E-state index is -0.910. The maximum absolute atomic E-state index is 5.81. The Kier molecular flexibility index (Phi) is 4.96. The van der Waals surface area contributed by atoms with E-state index in [1.807, 2.05) is 18.2 Å². The monoisotopic (exact) mass is 267 g/mol. The van der Waals surface area contributed by atoms with Crippen LogP contribution in [0.15, 0.2) is 18.2 Å². The van der Waals surface area contributed by atoms with E-state index < -0.39 is 5.79 Å². The van der Waals surface area contributed by atoms with Crippen LogP contribution in [0.5, 0.6) is 5.75 Å². The Hall–Kier alpha value is -1.10. The molecule has 0 aliphatic rings. The average Bonchev–Trinajstić information content (AvgIpc) is 2.40. The second-order valence-corrected chi connectivity index (χ2v) is 5.53. The van der Waals surface area contributed by atoms with Crippen molar-refractivity contribution in [2.24, 2.45) is 5.73 Å². The van der Waals surface area contributed by atoms with Crippen LogP contribution in [0.1, 0.15) is 31.9 Å². The number of rotatable bonds is 5. The largest absolute Gasteiger partial charge is 0.496 e. The molecule has 0 heterocycles. The Labute approximate surface area is 115 Å². The first-order valence-electron chi connectivity index (χ1n) is 6.34. The second-order valence-electron chi connectivity index (χ2n) is 5.53. The standard InChI is InChI=1S/C15H25NO3/c1-14(2,3)12-9-11(7-8-13(12)17-4)15(10-16,18-5)19-6/h7-9H,10,16H2,1-6H3. The average molecular weight is 267 g/mol. The molecule has 1 rings (SSSR count). The minimum absolute atomic E-state index is 0.0385. The Balaban J connectivity index is 3.40. The smallest absolute Gasteiger partial charge is 0.207 e. The summed E-state index contributed by atoms with van der Waals surface area (Å²) in [4.78, 5) is 0. The van der Waals surface area contributed by atoms with Gasteiger partial charge >= 0.3 is 0 Å². The lowest BCUT2D eigenvalue weighted by atomic mass is 9.84. The van der Waals surface area contributed by atoms with Crippen molar-refractivity contribution in [2.75, 3.05) is 27.9 Å². The van der Waals surface area contributed by atoms with E-state index in [4.69, 9.17) is 19.9 Å². The van der Waals surface area contributed by atoms with Crippen LogP contribution in [-0.4, -0.2) is 27.9 Å². The molecule has 0 spiro atoms. The molecule has 2 N–H and O–H groups in total. The highest BCUT2D eigenvalue weighted by Gasteiger charge is 2.32. The number of hydrogen-bond acceptors (Lipinski definition) is 4. The van der Waals surface area contributed by atoms with E-state index in [2.05, 4.69) is 20.8 Å². The Morgan fingerprint density at radius 1 is 1.05 bits per heavy atom. The highest BCUT2D eigenvalue weighted by molar-refractivity contribution is 5.43. The summed E-state index contributed by atoms with van der Waals surface area (Å²) in [6, 6.07) is 5.89. The molecule has 1 aromatic carbocycles. The lowest BCUT2D eigenvalue weighted by Gasteiger charge is -2.32. The summed E-state index contributed by atoms with van der Waals surface area (Å²) in [5.74, 6) is -0.0545. The van der Waals surface area contributed by atoms with Crippen LogP contribution in [-0.2, 0) is 20.7 Å². The number of methoxy groups -OCH3 is 3. The number of nitrogens with two attached hydrogens (primary N) is 1. The first-order valence-corrected chi connectivity index (χ1v) is 6.34. The van der Waals surface area contributed by atoms with Gasteiger partial charge in [-0.25, -0.2) is 0 Å². The quantitative estimate of drug-likeness (QED) is 0.832. The van der Waals surface area contributed by atoms with E-state index in [0.29, 0.717) is 0 Å². The lowest BCUT2D eigenvalue weighted by Crippen LogP contribution is -2.39. The van der Waals surface area contributed by atoms with Crippen LogP contribution in [0.25, 0.3) is 0 Å². The van der Waals surface area contributed by atoms with Crippen molar-refractivity contribution >= 4 is 0 Å². The maximum atomic E-state index is 5.81. The number of benzene rings is 1. The number of ether oxygens (including phenoxy) is 3. The second kappa shape index (κ2) is 5.90. The molecule has 0 bridgehead atoms. The third-order valence-corrected chi connectivity index (χ3v) is 3.38. The van der Waals surface area contributed by atoms with E-state index in [-0.39, 0.29) is 12.0 Å². The zero-order valence-corrected chi connectivity index (χ0v) is 12.7. The van der Waals surface area contributed by atoms with Crippen molar-refractivity contribution in [3.63, 3.8) is 0 Å². The van der Waals surface area contributed by atoms with Gasteiger partial charge in [-0.05, 0) is 29.2 Å². The van der Waals surface area contributed by atoms with Gasteiger partial charge in [0.2, 0.25) is 5.79 Å². The molecule has 0 aliphatic carbocycles. The van der Waals surface area contributed by atoms with Crippen molar-refractivity contribution in [1.82, 2.24) is 0 Å². The zero-order chi connectivity index (χ0) is 14.7. The predicted octanol–water partition coefficient (Wildman–Crippen LogP) is 2.40. The third kappa shape index (κ3) is 3.08. The maximum Gasteiger partial charge on any atom is 0.207 e. The van der Waals surface area contributed by atoms with E-state index in [0.717, 1.165) is 16.9 Å². The highest BCUT2D eigenvalue weighted by Crippen LogP contribution is 2.35. The molecule has 0 radical (unpaired) electrons. The van der Waals surface area contributed by atoms with Crippen LogP contribution in [0, 0.1) is 0 Å². The Bertz CT molecular complexity index is 412. The molecule has 0 saturated carbocycles. The molecule has 1 aromatic rings. The molecule has 0 saturated heterocycles. The summed E-state index contributed by atoms with van der Waals surface area (Å²) in [7, 11) is 4.86. The fourth-order valence-electron chi connectivity index (χ4n) is 2.13. The number of hydrogen-bond donors (Lipinski definition) is 1. The predicted molar refractivity (Wildman–Crippen MR) is 76.4 cm³/mol. The van der Waals surface area contributed by atoms with E-state index in [9.17, 15) is 0 Å². The summed E-state index contributed by atoms with van der Waals surface area (Å²) in [6.45, 7) is 6.66. The topological polar surface area (TPSA) is 53.7 Å². The molecular formula is C15H25NO3. The molecule has 0 aliphatic heterocycles. The summed E-state index contributed by atoms with van der Waals surface area (Å²) in [5, 5.41) is 0. The summed E-state index contributed by atoms with van der Waals surface area (Å²) in [6.07, 6.45) is 0. The van der Waals surface area contributed by atoms with Gasteiger partial charge in [-0.1, -0.05) is 20.8 Å². The molecule has 0 fully saturated rings. The van der Waals surface area contributed by atoms with E-state index in [1.165, 1.54) is 0 Å². The van der Waals surface area contributed by atoms with Crippen LogP contribution in [0.2, 0.25) is 0 Å². The summed E-state index contributed by atoms with van der Waals surface area (Å²) < 4.78 is 16.4. The van der Waals surface area contributed by atoms with Crippen molar-refractivity contribution in [3.8, 4) is 5.75 Å². The molecule has 0 atom stereocenters. The van der Waals surface area contributed by atoms with Gasteiger partial charge in [0.1, 0.15) is 5.75 Å². The van der Waals surface area contributed by atoms with Crippen molar-refractivity contribution < 1.29 is 14.2 Å². The molecule has 4 nitrogen and oxygen atoms in total. The first-order chi connectivity index (χ1) is 8.84. The van der Waals surface area contributed by atoms with Gasteiger partial charge in [0.15, 0.2) is 0 Å². The van der Waals surface area contributed by atoms with Gasteiger partial charge in [-0.15, -0.1) is 0 Å². The molecule has 108 valence electrons. The molecule has 0 aromatic heterocycles. The highest BCUT2D eigenvalue weighted by atomic mass is 16.7. The van der Waals surface area contributed by atoms with Gasteiger partial charge in [-0.3, -0.25) is 0 Å². The van der Waals surface area contributed by atoms with E-state index >= 15 is 0 Å². The molecular weight excluding hydrogens is 242 g/mol. The van der Waals surface area contributed by atoms with Crippen molar-refractivity contribution in [2.45, 2.75) is 32.0 Å². The lowest BCUT2D eigenvalue weighted by molar-refractivity contribution is -0.208. The van der Waals surface area contributed by atoms with Gasteiger partial charge < -0.3 is 19.9 Å². The third-order valence-electron chi connectivity index (χ3n) is 3.38. The Morgan fingerprint density at radius 3 is 2.00 bits per heavy atom. The van der Waals surface area contributed by atoms with Crippen LogP contribution < -0.4 is 10.5 Å². The van der Waals surface area contributed by atoms with Gasteiger partial charge in [0, 0.05) is 19.8 Å². The Morgan fingerprint density at radius 2 is 1.63 bits per heavy atom. The van der Waals surface area contributed by atoms with Crippen molar-refractivity contribution in [3.05, 3.63) is 29.3 Å². The summed E-state index contributed by atoms with van der Waals surface area (Å²) >= 11 is 0. The fraction of sp³-hybridized carbons (Fsp3) is 0.600. The molecule has 4 heteroatoms.